The van der Waals surface area contributed by atoms with Crippen LogP contribution in [0.2, 0.25) is 0 Å². The second-order valence-corrected chi connectivity index (χ2v) is 3.32. The maximum atomic E-state index is 5.40. The van der Waals surface area contributed by atoms with Crippen LogP contribution in [0.5, 0.6) is 5.75 Å². The van der Waals surface area contributed by atoms with E-state index in [9.17, 15) is 0 Å². The Bertz CT molecular complexity index is 271. The molecule has 1 aromatic carbocycles. The average Bonchev–Trinajstić information content (AvgIpc) is 2.86. The van der Waals surface area contributed by atoms with Gasteiger partial charge in [-0.05, 0) is 22.0 Å². The third kappa shape index (κ3) is 1.99. The van der Waals surface area contributed by atoms with Crippen molar-refractivity contribution in [2.24, 2.45) is 0 Å². The highest BCUT2D eigenvalue weighted by atomic mass is 79.9. The minimum atomic E-state index is 0.283. The van der Waals surface area contributed by atoms with Crippen LogP contribution in [0, 0.1) is 12.1 Å². The molecule has 3 heteroatoms. The molecule has 1 aliphatic heterocycles. The lowest BCUT2D eigenvalue weighted by Crippen LogP contribution is -2.04. The van der Waals surface area contributed by atoms with E-state index >= 15 is 0 Å². The molecule has 0 aromatic heterocycles. The summed E-state index contributed by atoms with van der Waals surface area (Å²) in [6, 6.07) is 9.48. The molecule has 1 atom stereocenters. The quantitative estimate of drug-likeness (QED) is 0.734. The molecule has 1 heterocycles. The van der Waals surface area contributed by atoms with Crippen LogP contribution in [-0.2, 0) is 4.74 Å². The van der Waals surface area contributed by atoms with Crippen molar-refractivity contribution in [3.8, 4) is 5.75 Å². The van der Waals surface area contributed by atoms with Gasteiger partial charge in [-0.1, -0.05) is 6.07 Å². The number of ether oxygens (including phenoxy) is 2. The molecule has 0 amide bonds. The minimum Gasteiger partial charge on any atom is -0.489 e. The highest BCUT2D eigenvalue weighted by molar-refractivity contribution is 9.10. The Morgan fingerprint density at radius 2 is 2.33 bits per heavy atom. The van der Waals surface area contributed by atoms with Gasteiger partial charge >= 0.3 is 0 Å². The van der Waals surface area contributed by atoms with Crippen LogP contribution >= 0.6 is 15.9 Å². The Labute approximate surface area is 79.6 Å². The van der Waals surface area contributed by atoms with Gasteiger partial charge in [0.05, 0.1) is 11.1 Å². The van der Waals surface area contributed by atoms with E-state index in [1.54, 1.807) is 12.1 Å². The zero-order chi connectivity index (χ0) is 8.39. The maximum absolute atomic E-state index is 5.40. The van der Waals surface area contributed by atoms with E-state index in [0.29, 0.717) is 12.4 Å². The predicted molar refractivity (Wildman–Crippen MR) is 47.0 cm³/mol. The lowest BCUT2D eigenvalue weighted by atomic mass is 10.3. The standard InChI is InChI=1S/C9H7BrO2/c10-8-3-1-2-4-9(8)12-6-7-5-11-7/h1-2,7H,5-6H2. The summed E-state index contributed by atoms with van der Waals surface area (Å²) in [5, 5.41) is 0. The average molecular weight is 227 g/mol. The fourth-order valence-corrected chi connectivity index (χ4v) is 1.17. The Hall–Kier alpha value is -0.540. The molecule has 2 nitrogen and oxygen atoms in total. The Morgan fingerprint density at radius 1 is 1.58 bits per heavy atom. The van der Waals surface area contributed by atoms with Crippen molar-refractivity contribution < 1.29 is 9.47 Å². The summed E-state index contributed by atoms with van der Waals surface area (Å²) in [5.74, 6) is 0.702. The Balaban J connectivity index is 1.96. The van der Waals surface area contributed by atoms with E-state index in [4.69, 9.17) is 9.47 Å². The molecule has 0 aliphatic carbocycles. The van der Waals surface area contributed by atoms with Crippen LogP contribution in [0.25, 0.3) is 0 Å². The molecular weight excluding hydrogens is 220 g/mol. The van der Waals surface area contributed by atoms with Crippen molar-refractivity contribution in [1.82, 2.24) is 0 Å². The zero-order valence-corrected chi connectivity index (χ0v) is 7.93. The summed E-state index contributed by atoms with van der Waals surface area (Å²) in [6.45, 7) is 1.42. The lowest BCUT2D eigenvalue weighted by Gasteiger charge is -2.04. The van der Waals surface area contributed by atoms with Crippen LogP contribution < -0.4 is 4.74 Å². The lowest BCUT2D eigenvalue weighted by molar-refractivity contribution is 0.261. The van der Waals surface area contributed by atoms with Gasteiger partial charge in [0.25, 0.3) is 0 Å². The van der Waals surface area contributed by atoms with E-state index in [0.717, 1.165) is 11.1 Å². The molecule has 62 valence electrons. The molecule has 2 rings (SSSR count). The molecule has 1 aliphatic rings. The van der Waals surface area contributed by atoms with Crippen molar-refractivity contribution in [3.05, 3.63) is 28.7 Å². The maximum Gasteiger partial charge on any atom is 0.142 e. The van der Waals surface area contributed by atoms with Gasteiger partial charge in [-0.3, -0.25) is 0 Å². The number of hydrogen-bond donors (Lipinski definition) is 0. The first-order valence-electron chi connectivity index (χ1n) is 3.68. The van der Waals surface area contributed by atoms with Crippen molar-refractivity contribution in [1.29, 1.82) is 0 Å². The van der Waals surface area contributed by atoms with E-state index in [1.807, 2.05) is 0 Å². The second-order valence-electron chi connectivity index (χ2n) is 2.53. The fourth-order valence-electron chi connectivity index (χ4n) is 0.807. The van der Waals surface area contributed by atoms with Gasteiger partial charge in [0.15, 0.2) is 0 Å². The van der Waals surface area contributed by atoms with Gasteiger partial charge in [-0.25, -0.2) is 0 Å². The number of benzene rings is 1. The first kappa shape index (κ1) is 8.08. The van der Waals surface area contributed by atoms with E-state index in [2.05, 4.69) is 28.1 Å². The molecule has 0 bridgehead atoms. The molecule has 0 saturated carbocycles. The number of rotatable bonds is 3. The molecule has 0 spiro atoms. The molecule has 0 N–H and O–H groups in total. The SMILES string of the molecule is Brc1[c]cc[c]c1OCC1CO1. The minimum absolute atomic E-state index is 0.283. The molecule has 2 radical (unpaired) electrons. The van der Waals surface area contributed by atoms with E-state index < -0.39 is 0 Å². The van der Waals surface area contributed by atoms with Gasteiger partial charge < -0.3 is 9.47 Å². The van der Waals surface area contributed by atoms with Gasteiger partial charge in [-0.15, -0.1) is 0 Å². The Morgan fingerprint density at radius 3 is 3.00 bits per heavy atom. The largest absolute Gasteiger partial charge is 0.489 e. The van der Waals surface area contributed by atoms with Gasteiger partial charge in [0.2, 0.25) is 0 Å². The number of hydrogen-bond acceptors (Lipinski definition) is 2. The van der Waals surface area contributed by atoms with Crippen molar-refractivity contribution in [2.45, 2.75) is 6.10 Å². The highest BCUT2D eigenvalue weighted by Gasteiger charge is 2.23. The molecule has 12 heavy (non-hydrogen) atoms. The predicted octanol–water partition coefficient (Wildman–Crippen LogP) is 1.83. The van der Waals surface area contributed by atoms with Crippen LogP contribution in [0.15, 0.2) is 16.6 Å². The van der Waals surface area contributed by atoms with Gasteiger partial charge in [0, 0.05) is 12.1 Å². The summed E-state index contributed by atoms with van der Waals surface area (Å²) in [4.78, 5) is 0. The first-order chi connectivity index (χ1) is 5.86. The topological polar surface area (TPSA) is 21.8 Å². The van der Waals surface area contributed by atoms with Crippen LogP contribution in [0.1, 0.15) is 0 Å². The smallest absolute Gasteiger partial charge is 0.142 e. The summed E-state index contributed by atoms with van der Waals surface area (Å²) < 4.78 is 11.2. The summed E-state index contributed by atoms with van der Waals surface area (Å²) in [7, 11) is 0. The van der Waals surface area contributed by atoms with Crippen molar-refractivity contribution >= 4 is 15.9 Å². The van der Waals surface area contributed by atoms with Crippen molar-refractivity contribution in [3.63, 3.8) is 0 Å². The monoisotopic (exact) mass is 226 g/mol. The third-order valence-electron chi connectivity index (χ3n) is 1.52. The van der Waals surface area contributed by atoms with Crippen LogP contribution in [-0.4, -0.2) is 19.3 Å². The normalized spacial score (nSPS) is 20.6. The van der Waals surface area contributed by atoms with Crippen molar-refractivity contribution in [2.75, 3.05) is 13.2 Å². The first-order valence-corrected chi connectivity index (χ1v) is 4.48. The van der Waals surface area contributed by atoms with Crippen LogP contribution in [0.4, 0.5) is 0 Å². The summed E-state index contributed by atoms with van der Waals surface area (Å²) in [6.07, 6.45) is 0.283. The molecular formula is C9H7BrO2. The molecule has 1 saturated heterocycles. The molecule has 1 fully saturated rings. The molecule has 1 unspecified atom stereocenters. The Kier molecular flexibility index (Phi) is 2.33. The number of halogens is 1. The number of epoxide rings is 1. The molecule has 1 aromatic rings. The summed E-state index contributed by atoms with van der Waals surface area (Å²) in [5.41, 5.74) is 0. The third-order valence-corrected chi connectivity index (χ3v) is 2.11. The van der Waals surface area contributed by atoms with Crippen LogP contribution in [0.3, 0.4) is 0 Å². The van der Waals surface area contributed by atoms with E-state index in [1.165, 1.54) is 0 Å². The zero-order valence-electron chi connectivity index (χ0n) is 6.34. The summed E-state index contributed by atoms with van der Waals surface area (Å²) >= 11 is 3.31. The van der Waals surface area contributed by atoms with E-state index in [-0.39, 0.29) is 6.10 Å². The van der Waals surface area contributed by atoms with Gasteiger partial charge in [-0.2, -0.15) is 0 Å². The second kappa shape index (κ2) is 3.46. The fraction of sp³-hybridized carbons (Fsp3) is 0.333. The highest BCUT2D eigenvalue weighted by Crippen LogP contribution is 2.23. The van der Waals surface area contributed by atoms with Gasteiger partial charge in [0.1, 0.15) is 18.5 Å².